The molecule has 0 aromatic heterocycles. The number of benzene rings is 1. The predicted molar refractivity (Wildman–Crippen MR) is 78.3 cm³/mol. The number of hydrogen-bond donors (Lipinski definition) is 1. The summed E-state index contributed by atoms with van der Waals surface area (Å²) in [6.07, 6.45) is 1.00. The van der Waals surface area contributed by atoms with Crippen molar-refractivity contribution in [2.24, 2.45) is 11.8 Å². The third-order valence-electron chi connectivity index (χ3n) is 4.29. The number of sulfone groups is 1. The quantitative estimate of drug-likeness (QED) is 0.651. The van der Waals surface area contributed by atoms with Gasteiger partial charge in [0.15, 0.2) is 9.84 Å². The zero-order chi connectivity index (χ0) is 15.2. The number of anilines is 1. The molecule has 3 rings (SSSR count). The van der Waals surface area contributed by atoms with Gasteiger partial charge in [-0.3, -0.25) is 10.1 Å². The lowest BCUT2D eigenvalue weighted by Gasteiger charge is -2.20. The number of fused-ring (bicyclic) bond motifs is 1. The van der Waals surface area contributed by atoms with Crippen LogP contribution in [0.1, 0.15) is 0 Å². The molecule has 0 amide bonds. The van der Waals surface area contributed by atoms with Gasteiger partial charge < -0.3 is 10.2 Å². The van der Waals surface area contributed by atoms with Crippen molar-refractivity contribution < 1.29 is 13.3 Å². The smallest absolute Gasteiger partial charge is 0.311 e. The van der Waals surface area contributed by atoms with Crippen molar-refractivity contribution in [3.05, 3.63) is 28.3 Å². The first-order chi connectivity index (χ1) is 9.88. The topological polar surface area (TPSA) is 92.6 Å². The van der Waals surface area contributed by atoms with E-state index in [2.05, 4.69) is 5.32 Å². The maximum atomic E-state index is 11.8. The molecule has 7 nitrogen and oxygen atoms in total. The van der Waals surface area contributed by atoms with E-state index in [1.807, 2.05) is 4.90 Å². The molecule has 2 atom stereocenters. The maximum absolute atomic E-state index is 11.8. The minimum Gasteiger partial charge on any atom is -0.365 e. The number of nitro groups is 1. The lowest BCUT2D eigenvalue weighted by molar-refractivity contribution is -0.387. The Balaban J connectivity index is 2.05. The molecular formula is C13H17N3O4S. The molecule has 0 radical (unpaired) electrons. The number of nitrogens with one attached hydrogen (secondary N) is 1. The molecule has 2 aliphatic heterocycles. The Kier molecular flexibility index (Phi) is 3.37. The number of nitro benzene ring substituents is 1. The lowest BCUT2D eigenvalue weighted by Crippen LogP contribution is -2.26. The van der Waals surface area contributed by atoms with E-state index in [4.69, 9.17) is 0 Å². The van der Waals surface area contributed by atoms with Crippen LogP contribution in [0.5, 0.6) is 0 Å². The fraction of sp³-hybridized carbons (Fsp3) is 0.538. The van der Waals surface area contributed by atoms with E-state index >= 15 is 0 Å². The largest absolute Gasteiger partial charge is 0.365 e. The summed E-state index contributed by atoms with van der Waals surface area (Å²) in [5.41, 5.74) is 0.116. The predicted octanol–water partition coefficient (Wildman–Crippen LogP) is 0.654. The molecule has 0 saturated carbocycles. The van der Waals surface area contributed by atoms with Crippen molar-refractivity contribution >= 4 is 21.2 Å². The number of rotatable bonds is 3. The summed E-state index contributed by atoms with van der Waals surface area (Å²) in [5, 5.41) is 14.7. The van der Waals surface area contributed by atoms with Crippen LogP contribution in [0, 0.1) is 22.0 Å². The molecule has 1 aromatic carbocycles. The van der Waals surface area contributed by atoms with Crippen LogP contribution in [0.25, 0.3) is 0 Å². The van der Waals surface area contributed by atoms with Gasteiger partial charge in [0.2, 0.25) is 0 Å². The molecule has 0 spiro atoms. The van der Waals surface area contributed by atoms with Gasteiger partial charge in [-0.1, -0.05) is 6.07 Å². The molecule has 2 heterocycles. The van der Waals surface area contributed by atoms with E-state index < -0.39 is 14.8 Å². The molecule has 8 heteroatoms. The van der Waals surface area contributed by atoms with Crippen molar-refractivity contribution in [1.82, 2.24) is 5.32 Å². The second-order valence-electron chi connectivity index (χ2n) is 5.74. The Morgan fingerprint density at radius 2 is 1.90 bits per heavy atom. The SMILES string of the molecule is CS(=O)(=O)c1cccc(N2CC3CNCC3C2)c1[N+](=O)[O-]. The zero-order valence-corrected chi connectivity index (χ0v) is 12.5. The normalized spacial score (nSPS) is 25.1. The summed E-state index contributed by atoms with van der Waals surface area (Å²) in [6, 6.07) is 4.52. The van der Waals surface area contributed by atoms with Crippen LogP contribution >= 0.6 is 0 Å². The van der Waals surface area contributed by atoms with Crippen molar-refractivity contribution in [3.63, 3.8) is 0 Å². The first-order valence-electron chi connectivity index (χ1n) is 6.81. The Hall–Kier alpha value is -1.67. The molecule has 2 fully saturated rings. The highest BCUT2D eigenvalue weighted by Gasteiger charge is 2.39. The highest BCUT2D eigenvalue weighted by atomic mass is 32.2. The Labute approximate surface area is 123 Å². The van der Waals surface area contributed by atoms with E-state index in [-0.39, 0.29) is 10.6 Å². The standard InChI is InChI=1S/C13H17N3O4S/c1-21(19,20)12-4-2-3-11(13(12)16(17)18)15-7-9-5-14-6-10(9)8-15/h2-4,9-10,14H,5-8H2,1H3. The van der Waals surface area contributed by atoms with Gasteiger partial charge in [0.1, 0.15) is 10.6 Å². The third kappa shape index (κ3) is 2.49. The summed E-state index contributed by atoms with van der Waals surface area (Å²) in [4.78, 5) is 12.5. The molecule has 21 heavy (non-hydrogen) atoms. The molecule has 2 aliphatic rings. The highest BCUT2D eigenvalue weighted by Crippen LogP contribution is 2.38. The average Bonchev–Trinajstić information content (AvgIpc) is 2.97. The summed E-state index contributed by atoms with van der Waals surface area (Å²) < 4.78 is 23.6. The van der Waals surface area contributed by atoms with Crippen LogP contribution in [-0.2, 0) is 9.84 Å². The van der Waals surface area contributed by atoms with Crippen molar-refractivity contribution in [2.45, 2.75) is 4.90 Å². The minimum atomic E-state index is -3.63. The van der Waals surface area contributed by atoms with Crippen molar-refractivity contribution in [3.8, 4) is 0 Å². The van der Waals surface area contributed by atoms with Crippen LogP contribution < -0.4 is 10.2 Å². The van der Waals surface area contributed by atoms with Crippen molar-refractivity contribution in [1.29, 1.82) is 0 Å². The van der Waals surface area contributed by atoms with Gasteiger partial charge in [0.25, 0.3) is 0 Å². The van der Waals surface area contributed by atoms with E-state index in [1.54, 1.807) is 12.1 Å². The molecule has 1 aromatic rings. The van der Waals surface area contributed by atoms with Gasteiger partial charge in [-0.25, -0.2) is 8.42 Å². The first-order valence-corrected chi connectivity index (χ1v) is 8.70. The van der Waals surface area contributed by atoms with Gasteiger partial charge >= 0.3 is 5.69 Å². The van der Waals surface area contributed by atoms with E-state index in [1.165, 1.54) is 6.07 Å². The van der Waals surface area contributed by atoms with Gasteiger partial charge in [-0.15, -0.1) is 0 Å². The second kappa shape index (κ2) is 4.96. The summed E-state index contributed by atoms with van der Waals surface area (Å²) in [7, 11) is -3.63. The van der Waals surface area contributed by atoms with Crippen molar-refractivity contribution in [2.75, 3.05) is 37.3 Å². The van der Waals surface area contributed by atoms with E-state index in [0.29, 0.717) is 17.5 Å². The average molecular weight is 311 g/mol. The number of para-hydroxylation sites is 1. The Morgan fingerprint density at radius 3 is 2.43 bits per heavy atom. The van der Waals surface area contributed by atoms with Crippen LogP contribution in [0.2, 0.25) is 0 Å². The molecule has 0 aliphatic carbocycles. The minimum absolute atomic E-state index is 0.208. The van der Waals surface area contributed by atoms with Crippen LogP contribution in [-0.4, -0.2) is 45.8 Å². The highest BCUT2D eigenvalue weighted by molar-refractivity contribution is 7.90. The summed E-state index contributed by atoms with van der Waals surface area (Å²) in [5.74, 6) is 0.956. The van der Waals surface area contributed by atoms with Crippen LogP contribution in [0.3, 0.4) is 0 Å². The number of hydrogen-bond acceptors (Lipinski definition) is 6. The fourth-order valence-corrected chi connectivity index (χ4v) is 4.16. The molecule has 1 N–H and O–H groups in total. The Morgan fingerprint density at radius 1 is 1.29 bits per heavy atom. The van der Waals surface area contributed by atoms with Gasteiger partial charge in [-0.2, -0.15) is 0 Å². The van der Waals surface area contributed by atoms with Crippen LogP contribution in [0.4, 0.5) is 11.4 Å². The zero-order valence-electron chi connectivity index (χ0n) is 11.7. The molecular weight excluding hydrogens is 294 g/mol. The maximum Gasteiger partial charge on any atom is 0.311 e. The van der Waals surface area contributed by atoms with Gasteiger partial charge in [0.05, 0.1) is 4.92 Å². The van der Waals surface area contributed by atoms with Gasteiger partial charge in [-0.05, 0) is 24.0 Å². The van der Waals surface area contributed by atoms with E-state index in [9.17, 15) is 18.5 Å². The van der Waals surface area contributed by atoms with Gasteiger partial charge in [0, 0.05) is 32.4 Å². The summed E-state index contributed by atoms with van der Waals surface area (Å²) >= 11 is 0. The molecule has 114 valence electrons. The third-order valence-corrected chi connectivity index (χ3v) is 5.42. The fourth-order valence-electron chi connectivity index (χ4n) is 3.30. The Bertz CT molecular complexity index is 677. The monoisotopic (exact) mass is 311 g/mol. The van der Waals surface area contributed by atoms with Crippen LogP contribution in [0.15, 0.2) is 23.1 Å². The number of nitrogens with zero attached hydrogens (tertiary/aromatic N) is 2. The molecule has 0 bridgehead atoms. The molecule has 2 unspecified atom stereocenters. The van der Waals surface area contributed by atoms with E-state index in [0.717, 1.165) is 32.4 Å². The lowest BCUT2D eigenvalue weighted by atomic mass is 10.0. The first kappa shape index (κ1) is 14.3. The summed E-state index contributed by atoms with van der Waals surface area (Å²) in [6.45, 7) is 3.29. The second-order valence-corrected chi connectivity index (χ2v) is 7.72. The molecule has 2 saturated heterocycles.